The van der Waals surface area contributed by atoms with E-state index >= 15 is 0 Å². The van der Waals surface area contributed by atoms with Crippen LogP contribution in [0.3, 0.4) is 0 Å². The summed E-state index contributed by atoms with van der Waals surface area (Å²) in [5, 5.41) is 11.5. The summed E-state index contributed by atoms with van der Waals surface area (Å²) in [7, 11) is 0. The lowest BCUT2D eigenvalue weighted by Crippen LogP contribution is -2.43. The molecule has 1 amide bonds. The van der Waals surface area contributed by atoms with Crippen LogP contribution in [-0.2, 0) is 4.74 Å². The molecule has 0 aromatic heterocycles. The first-order valence-electron chi connectivity index (χ1n) is 7.52. The van der Waals surface area contributed by atoms with Crippen LogP contribution in [-0.4, -0.2) is 36.2 Å². The molecule has 0 unspecified atom stereocenters. The molecular formula is C16H19F2N3O2. The van der Waals surface area contributed by atoms with Crippen LogP contribution >= 0.6 is 0 Å². The third-order valence-corrected chi connectivity index (χ3v) is 3.61. The highest BCUT2D eigenvalue weighted by molar-refractivity contribution is 5.68. The number of likely N-dealkylation sites (tertiary alicyclic amines) is 1. The fourth-order valence-corrected chi connectivity index (χ4v) is 2.46. The van der Waals surface area contributed by atoms with Gasteiger partial charge in [0.2, 0.25) is 0 Å². The third kappa shape index (κ3) is 4.31. The first-order chi connectivity index (χ1) is 10.9. The molecule has 124 valence electrons. The number of nitrogens with one attached hydrogen (secondary N) is 1. The molecule has 5 nitrogen and oxygen atoms in total. The van der Waals surface area contributed by atoms with Crippen LogP contribution in [0.5, 0.6) is 0 Å². The normalized spacial score (nSPS) is 15.4. The van der Waals surface area contributed by atoms with Crippen LogP contribution in [0.2, 0.25) is 0 Å². The number of amides is 1. The maximum atomic E-state index is 13.9. The highest BCUT2D eigenvalue weighted by Crippen LogP contribution is 2.24. The molecule has 1 aliphatic heterocycles. The molecule has 23 heavy (non-hydrogen) atoms. The molecule has 1 N–H and O–H groups in total. The Kier molecular flexibility index (Phi) is 5.37. The van der Waals surface area contributed by atoms with E-state index in [2.05, 4.69) is 5.32 Å². The second-order valence-electron chi connectivity index (χ2n) is 5.76. The van der Waals surface area contributed by atoms with Crippen LogP contribution in [0, 0.1) is 23.0 Å². The van der Waals surface area contributed by atoms with Crippen molar-refractivity contribution >= 4 is 11.8 Å². The van der Waals surface area contributed by atoms with Gasteiger partial charge in [0.25, 0.3) is 0 Å². The van der Waals surface area contributed by atoms with Crippen LogP contribution in [0.1, 0.15) is 32.3 Å². The van der Waals surface area contributed by atoms with Gasteiger partial charge < -0.3 is 15.0 Å². The maximum Gasteiger partial charge on any atom is 0.410 e. The molecule has 0 aliphatic carbocycles. The van der Waals surface area contributed by atoms with Crippen molar-refractivity contribution in [3.05, 3.63) is 29.3 Å². The number of hydrogen-bond acceptors (Lipinski definition) is 4. The van der Waals surface area contributed by atoms with Gasteiger partial charge in [0.1, 0.15) is 5.69 Å². The lowest BCUT2D eigenvalue weighted by atomic mass is 10.0. The molecular weight excluding hydrogens is 304 g/mol. The second kappa shape index (κ2) is 7.27. The third-order valence-electron chi connectivity index (χ3n) is 3.61. The molecule has 0 radical (unpaired) electrons. The van der Waals surface area contributed by atoms with Gasteiger partial charge in [-0.2, -0.15) is 5.26 Å². The van der Waals surface area contributed by atoms with Gasteiger partial charge in [0.15, 0.2) is 11.6 Å². The summed E-state index contributed by atoms with van der Waals surface area (Å²) in [5.74, 6) is -1.58. The average molecular weight is 323 g/mol. The van der Waals surface area contributed by atoms with Gasteiger partial charge in [-0.05, 0) is 38.8 Å². The Morgan fingerprint density at radius 1 is 1.35 bits per heavy atom. The lowest BCUT2D eigenvalue weighted by Gasteiger charge is -2.32. The summed E-state index contributed by atoms with van der Waals surface area (Å²) in [6, 6.07) is 3.56. The molecule has 1 aliphatic rings. The van der Waals surface area contributed by atoms with Gasteiger partial charge in [-0.15, -0.1) is 0 Å². The molecule has 1 aromatic rings. The number of ether oxygens (including phenoxy) is 1. The smallest absolute Gasteiger partial charge is 0.410 e. The van der Waals surface area contributed by atoms with Crippen LogP contribution in [0.15, 0.2) is 12.1 Å². The Morgan fingerprint density at radius 3 is 2.39 bits per heavy atom. The standard InChI is InChI=1S/C16H19F2N3O2/c1-10(2)23-16(22)21-5-3-12(4-6-21)20-15-13(17)7-11(9-19)8-14(15)18/h7-8,10,12,20H,3-6H2,1-2H3. The van der Waals surface area contributed by atoms with Crippen molar-refractivity contribution in [2.75, 3.05) is 18.4 Å². The number of carbonyl (C=O) groups is 1. The Bertz CT molecular complexity index is 597. The number of anilines is 1. The van der Waals surface area contributed by atoms with E-state index in [1.54, 1.807) is 24.8 Å². The van der Waals surface area contributed by atoms with E-state index in [9.17, 15) is 13.6 Å². The van der Waals surface area contributed by atoms with E-state index in [0.717, 1.165) is 12.1 Å². The minimum atomic E-state index is -0.789. The van der Waals surface area contributed by atoms with Crippen molar-refractivity contribution in [1.82, 2.24) is 4.90 Å². The number of nitriles is 1. The number of piperidine rings is 1. The highest BCUT2D eigenvalue weighted by Gasteiger charge is 2.25. The number of nitrogens with zero attached hydrogens (tertiary/aromatic N) is 2. The molecule has 1 aromatic carbocycles. The molecule has 7 heteroatoms. The maximum absolute atomic E-state index is 13.9. The van der Waals surface area contributed by atoms with Crippen molar-refractivity contribution in [2.24, 2.45) is 0 Å². The quantitative estimate of drug-likeness (QED) is 0.927. The summed E-state index contributed by atoms with van der Waals surface area (Å²) >= 11 is 0. The number of benzene rings is 1. The predicted octanol–water partition coefficient (Wildman–Crippen LogP) is 3.26. The predicted molar refractivity (Wildman–Crippen MR) is 80.9 cm³/mol. The molecule has 0 atom stereocenters. The number of rotatable bonds is 3. The first-order valence-corrected chi connectivity index (χ1v) is 7.52. The number of hydrogen-bond donors (Lipinski definition) is 1. The van der Waals surface area contributed by atoms with Gasteiger partial charge in [-0.3, -0.25) is 0 Å². The molecule has 2 rings (SSSR count). The summed E-state index contributed by atoms with van der Waals surface area (Å²) in [5.41, 5.74) is -0.288. The van der Waals surface area contributed by atoms with E-state index in [1.165, 1.54) is 0 Å². The molecule has 0 saturated carbocycles. The summed E-state index contributed by atoms with van der Waals surface area (Å²) in [4.78, 5) is 13.4. The van der Waals surface area contributed by atoms with Gasteiger partial charge in [0, 0.05) is 19.1 Å². The van der Waals surface area contributed by atoms with Gasteiger partial charge in [-0.25, -0.2) is 13.6 Å². The molecule has 0 bridgehead atoms. The molecule has 1 saturated heterocycles. The lowest BCUT2D eigenvalue weighted by molar-refractivity contribution is 0.0701. The van der Waals surface area contributed by atoms with Gasteiger partial charge in [0.05, 0.1) is 17.7 Å². The zero-order chi connectivity index (χ0) is 17.0. The zero-order valence-electron chi connectivity index (χ0n) is 13.1. The second-order valence-corrected chi connectivity index (χ2v) is 5.76. The summed E-state index contributed by atoms with van der Waals surface area (Å²) < 4.78 is 32.8. The van der Waals surface area contributed by atoms with E-state index in [-0.39, 0.29) is 29.5 Å². The number of halogens is 2. The highest BCUT2D eigenvalue weighted by atomic mass is 19.1. The van der Waals surface area contributed by atoms with Crippen molar-refractivity contribution in [3.63, 3.8) is 0 Å². The van der Waals surface area contributed by atoms with E-state index in [4.69, 9.17) is 10.00 Å². The Hall–Kier alpha value is -2.36. The average Bonchev–Trinajstić information content (AvgIpc) is 2.50. The van der Waals surface area contributed by atoms with E-state index in [1.807, 2.05) is 0 Å². The Balaban J connectivity index is 1.95. The SMILES string of the molecule is CC(C)OC(=O)N1CCC(Nc2c(F)cc(C#N)cc2F)CC1. The minimum Gasteiger partial charge on any atom is -0.447 e. The van der Waals surface area contributed by atoms with Crippen molar-refractivity contribution < 1.29 is 18.3 Å². The van der Waals surface area contributed by atoms with Crippen LogP contribution < -0.4 is 5.32 Å². The van der Waals surface area contributed by atoms with Crippen LogP contribution in [0.4, 0.5) is 19.3 Å². The fraction of sp³-hybridized carbons (Fsp3) is 0.500. The number of carbonyl (C=O) groups excluding carboxylic acids is 1. The van der Waals surface area contributed by atoms with Crippen molar-refractivity contribution in [2.45, 2.75) is 38.8 Å². The topological polar surface area (TPSA) is 65.4 Å². The minimum absolute atomic E-state index is 0.0585. The molecule has 0 spiro atoms. The van der Waals surface area contributed by atoms with Crippen LogP contribution in [0.25, 0.3) is 0 Å². The summed E-state index contributed by atoms with van der Waals surface area (Å²) in [6.45, 7) is 4.48. The summed E-state index contributed by atoms with van der Waals surface area (Å²) in [6.07, 6.45) is 0.576. The van der Waals surface area contributed by atoms with Gasteiger partial charge >= 0.3 is 6.09 Å². The van der Waals surface area contributed by atoms with E-state index < -0.39 is 11.6 Å². The Labute approximate surface area is 133 Å². The first kappa shape index (κ1) is 17.0. The van der Waals surface area contributed by atoms with Crippen molar-refractivity contribution in [3.8, 4) is 6.07 Å². The van der Waals surface area contributed by atoms with Gasteiger partial charge in [-0.1, -0.05) is 0 Å². The molecule has 1 heterocycles. The largest absolute Gasteiger partial charge is 0.447 e. The Morgan fingerprint density at radius 2 is 1.91 bits per heavy atom. The van der Waals surface area contributed by atoms with E-state index in [0.29, 0.717) is 25.9 Å². The monoisotopic (exact) mass is 323 g/mol. The molecule has 1 fully saturated rings. The van der Waals surface area contributed by atoms with Crippen molar-refractivity contribution in [1.29, 1.82) is 5.26 Å². The fourth-order valence-electron chi connectivity index (χ4n) is 2.46. The zero-order valence-corrected chi connectivity index (χ0v) is 13.1.